The molecule has 0 aliphatic carbocycles. The monoisotopic (exact) mass is 253 g/mol. The fraction of sp³-hybridized carbons (Fsp3) is 0.200. The van der Waals surface area contributed by atoms with Gasteiger partial charge in [-0.3, -0.25) is 4.79 Å². The summed E-state index contributed by atoms with van der Waals surface area (Å²) in [5, 5.41) is 17.4. The molecule has 0 heterocycles. The first-order chi connectivity index (χ1) is 6.54. The van der Waals surface area contributed by atoms with E-state index in [0.29, 0.717) is 11.1 Å². The van der Waals surface area contributed by atoms with Crippen molar-refractivity contribution >= 4 is 21.9 Å². The fourth-order valence-electron chi connectivity index (χ4n) is 1.14. The van der Waals surface area contributed by atoms with Gasteiger partial charge in [0.2, 0.25) is 0 Å². The van der Waals surface area contributed by atoms with Crippen LogP contribution in [0.1, 0.15) is 16.7 Å². The molecular formula is C10H8BrNO2. The minimum absolute atomic E-state index is 0.123. The lowest BCUT2D eigenvalue weighted by atomic mass is 10.0. The molecule has 1 aromatic carbocycles. The van der Waals surface area contributed by atoms with E-state index in [9.17, 15) is 4.79 Å². The number of hydrogen-bond acceptors (Lipinski definition) is 2. The average Bonchev–Trinajstić information content (AvgIpc) is 2.10. The van der Waals surface area contributed by atoms with Gasteiger partial charge >= 0.3 is 5.97 Å². The summed E-state index contributed by atoms with van der Waals surface area (Å²) < 4.78 is 0.827. The molecule has 0 radical (unpaired) electrons. The molecule has 1 rings (SSSR count). The van der Waals surface area contributed by atoms with Gasteiger partial charge in [0, 0.05) is 4.47 Å². The van der Waals surface area contributed by atoms with Gasteiger partial charge in [-0.15, -0.1) is 0 Å². The zero-order valence-electron chi connectivity index (χ0n) is 7.54. The number of aryl methyl sites for hydroxylation is 1. The van der Waals surface area contributed by atoms with Gasteiger partial charge in [-0.25, -0.2) is 0 Å². The first kappa shape index (κ1) is 10.7. The normalized spacial score (nSPS) is 9.50. The van der Waals surface area contributed by atoms with E-state index >= 15 is 0 Å². The Morgan fingerprint density at radius 3 is 2.79 bits per heavy atom. The third kappa shape index (κ3) is 2.33. The summed E-state index contributed by atoms with van der Waals surface area (Å²) in [6, 6.07) is 5.35. The van der Waals surface area contributed by atoms with Crippen molar-refractivity contribution in [2.24, 2.45) is 0 Å². The summed E-state index contributed by atoms with van der Waals surface area (Å²) in [7, 11) is 0. The van der Waals surface area contributed by atoms with E-state index in [1.54, 1.807) is 12.1 Å². The van der Waals surface area contributed by atoms with E-state index in [-0.39, 0.29) is 6.42 Å². The van der Waals surface area contributed by atoms with E-state index in [4.69, 9.17) is 10.4 Å². The summed E-state index contributed by atoms with van der Waals surface area (Å²) in [6.07, 6.45) is -0.123. The Bertz CT molecular complexity index is 421. The van der Waals surface area contributed by atoms with Crippen LogP contribution in [0.4, 0.5) is 0 Å². The number of carbonyl (C=O) groups is 1. The van der Waals surface area contributed by atoms with Crippen LogP contribution in [-0.4, -0.2) is 11.1 Å². The minimum atomic E-state index is -0.933. The summed E-state index contributed by atoms with van der Waals surface area (Å²) >= 11 is 3.30. The predicted octanol–water partition coefficient (Wildman–Crippen LogP) is 2.26. The van der Waals surface area contributed by atoms with Gasteiger partial charge in [-0.05, 0) is 30.2 Å². The minimum Gasteiger partial charge on any atom is -0.481 e. The highest BCUT2D eigenvalue weighted by Gasteiger charge is 2.08. The molecule has 0 atom stereocenters. The lowest BCUT2D eigenvalue weighted by Crippen LogP contribution is -2.02. The lowest BCUT2D eigenvalue weighted by molar-refractivity contribution is -0.136. The highest BCUT2D eigenvalue weighted by molar-refractivity contribution is 9.10. The predicted molar refractivity (Wildman–Crippen MR) is 54.9 cm³/mol. The maximum absolute atomic E-state index is 10.5. The second-order valence-corrected chi connectivity index (χ2v) is 3.80. The number of nitrogens with zero attached hydrogens (tertiary/aromatic N) is 1. The van der Waals surface area contributed by atoms with E-state index in [1.807, 2.05) is 13.0 Å². The summed E-state index contributed by atoms with van der Waals surface area (Å²) in [5.74, 6) is -0.933. The largest absolute Gasteiger partial charge is 0.481 e. The van der Waals surface area contributed by atoms with Gasteiger partial charge in [0.05, 0.1) is 18.1 Å². The fourth-order valence-corrected chi connectivity index (χ4v) is 1.53. The number of carboxylic acids is 1. The summed E-state index contributed by atoms with van der Waals surface area (Å²) in [4.78, 5) is 10.5. The van der Waals surface area contributed by atoms with Crippen molar-refractivity contribution in [2.75, 3.05) is 0 Å². The zero-order valence-corrected chi connectivity index (χ0v) is 9.13. The van der Waals surface area contributed by atoms with Crippen molar-refractivity contribution < 1.29 is 9.90 Å². The van der Waals surface area contributed by atoms with Crippen LogP contribution in [0.2, 0.25) is 0 Å². The van der Waals surface area contributed by atoms with Crippen LogP contribution in [0.5, 0.6) is 0 Å². The van der Waals surface area contributed by atoms with E-state index in [1.165, 1.54) is 0 Å². The average molecular weight is 254 g/mol. The Morgan fingerprint density at radius 2 is 2.29 bits per heavy atom. The van der Waals surface area contributed by atoms with Gasteiger partial charge in [0.15, 0.2) is 0 Å². The molecule has 0 bridgehead atoms. The van der Waals surface area contributed by atoms with Crippen LogP contribution in [0.15, 0.2) is 16.6 Å². The molecule has 0 amide bonds. The highest BCUT2D eigenvalue weighted by Crippen LogP contribution is 2.21. The molecule has 1 N–H and O–H groups in total. The third-order valence-electron chi connectivity index (χ3n) is 1.85. The molecule has 4 heteroatoms. The standard InChI is InChI=1S/C10H8BrNO2/c1-6-2-8(5-12)7(3-9(6)11)4-10(13)14/h2-3H,4H2,1H3,(H,13,14). The molecule has 0 aliphatic rings. The third-order valence-corrected chi connectivity index (χ3v) is 2.70. The number of rotatable bonds is 2. The smallest absolute Gasteiger partial charge is 0.307 e. The van der Waals surface area contributed by atoms with E-state index in [2.05, 4.69) is 15.9 Å². The highest BCUT2D eigenvalue weighted by atomic mass is 79.9. The first-order valence-corrected chi connectivity index (χ1v) is 4.75. The van der Waals surface area contributed by atoms with E-state index in [0.717, 1.165) is 10.0 Å². The van der Waals surface area contributed by atoms with Crippen molar-refractivity contribution in [3.63, 3.8) is 0 Å². The molecular weight excluding hydrogens is 246 g/mol. The Balaban J connectivity index is 3.22. The molecule has 1 aromatic rings. The Labute approximate surface area is 90.1 Å². The number of aliphatic carboxylic acids is 1. The van der Waals surface area contributed by atoms with Crippen LogP contribution >= 0.6 is 15.9 Å². The summed E-state index contributed by atoms with van der Waals surface area (Å²) in [5.41, 5.74) is 1.89. The number of carboxylic acid groups (broad SMARTS) is 1. The van der Waals surface area contributed by atoms with Gasteiger partial charge in [0.25, 0.3) is 0 Å². The second-order valence-electron chi connectivity index (χ2n) is 2.94. The van der Waals surface area contributed by atoms with Crippen LogP contribution in [-0.2, 0) is 11.2 Å². The number of benzene rings is 1. The Hall–Kier alpha value is -1.34. The molecule has 0 aliphatic heterocycles. The van der Waals surface area contributed by atoms with Crippen LogP contribution in [0.25, 0.3) is 0 Å². The Morgan fingerprint density at radius 1 is 1.64 bits per heavy atom. The van der Waals surface area contributed by atoms with Gasteiger partial charge in [-0.1, -0.05) is 15.9 Å². The van der Waals surface area contributed by atoms with Crippen molar-refractivity contribution in [2.45, 2.75) is 13.3 Å². The Kier molecular flexibility index (Phi) is 3.26. The molecule has 3 nitrogen and oxygen atoms in total. The molecule has 72 valence electrons. The zero-order chi connectivity index (χ0) is 10.7. The quantitative estimate of drug-likeness (QED) is 0.880. The molecule has 0 aromatic heterocycles. The SMILES string of the molecule is Cc1cc(C#N)c(CC(=O)O)cc1Br. The number of halogens is 1. The second kappa shape index (κ2) is 4.25. The number of nitriles is 1. The molecule has 0 spiro atoms. The molecule has 0 saturated heterocycles. The molecule has 0 saturated carbocycles. The van der Waals surface area contributed by atoms with Crippen molar-refractivity contribution in [1.29, 1.82) is 5.26 Å². The van der Waals surface area contributed by atoms with Crippen LogP contribution in [0.3, 0.4) is 0 Å². The topological polar surface area (TPSA) is 61.1 Å². The van der Waals surface area contributed by atoms with Crippen LogP contribution in [0, 0.1) is 18.3 Å². The first-order valence-electron chi connectivity index (χ1n) is 3.95. The molecule has 0 fully saturated rings. The number of hydrogen-bond donors (Lipinski definition) is 1. The maximum atomic E-state index is 10.5. The molecule has 0 unspecified atom stereocenters. The maximum Gasteiger partial charge on any atom is 0.307 e. The molecule has 14 heavy (non-hydrogen) atoms. The van der Waals surface area contributed by atoms with Gasteiger partial charge in [-0.2, -0.15) is 5.26 Å². The summed E-state index contributed by atoms with van der Waals surface area (Å²) in [6.45, 7) is 1.86. The van der Waals surface area contributed by atoms with Crippen LogP contribution < -0.4 is 0 Å². The van der Waals surface area contributed by atoms with Crippen molar-refractivity contribution in [3.05, 3.63) is 33.3 Å². The van der Waals surface area contributed by atoms with Gasteiger partial charge < -0.3 is 5.11 Å². The van der Waals surface area contributed by atoms with Crippen molar-refractivity contribution in [3.8, 4) is 6.07 Å². The van der Waals surface area contributed by atoms with Gasteiger partial charge in [0.1, 0.15) is 0 Å². The lowest BCUT2D eigenvalue weighted by Gasteiger charge is -2.04. The van der Waals surface area contributed by atoms with Crippen molar-refractivity contribution in [1.82, 2.24) is 0 Å². The van der Waals surface area contributed by atoms with E-state index < -0.39 is 5.97 Å².